The van der Waals surface area contributed by atoms with Gasteiger partial charge in [-0.15, -0.1) is 0 Å². The summed E-state index contributed by atoms with van der Waals surface area (Å²) in [6.45, 7) is 14.5. The van der Waals surface area contributed by atoms with Crippen molar-refractivity contribution in [2.45, 2.75) is 79.7 Å². The standard InChI is InChI=1S/C23H33N5O2.C7H8.C2H6/c1-15(2)13-27-21-20(22(29)26(4)23(27)30)16(3)28(25-21)14-17-8-10-18(11-9-17)19-7-5-6-12-24-19;1-7-5-3-2-4-6-7;1-2/h8-11,15,19,23-24,30H,5-7,12-14H2,1-4H3;2-6H,1H3;1-2H3. The third-order valence-electron chi connectivity index (χ3n) is 7.15. The molecule has 1 fully saturated rings. The Hall–Kier alpha value is -3.16. The maximum atomic E-state index is 12.8. The number of benzene rings is 2. The maximum Gasteiger partial charge on any atom is 0.262 e. The molecule has 7 nitrogen and oxygen atoms in total. The van der Waals surface area contributed by atoms with Gasteiger partial charge in [0.25, 0.3) is 5.91 Å². The molecule has 2 atom stereocenters. The number of aliphatic hydroxyl groups is 1. The highest BCUT2D eigenvalue weighted by Gasteiger charge is 2.39. The SMILES string of the molecule is CC.Cc1c2c(nn1Cc1ccc(C3CCCCN3)cc1)N(CC(C)C)C(O)N(C)C2=O.Cc1ccccc1. The number of carbonyl (C=O) groups is 1. The molecule has 1 saturated heterocycles. The number of rotatable bonds is 5. The van der Waals surface area contributed by atoms with Crippen molar-refractivity contribution < 1.29 is 9.90 Å². The van der Waals surface area contributed by atoms with Crippen LogP contribution in [0.4, 0.5) is 5.82 Å². The maximum absolute atomic E-state index is 12.8. The normalized spacial score (nSPS) is 18.6. The molecule has 0 radical (unpaired) electrons. The largest absolute Gasteiger partial charge is 0.356 e. The van der Waals surface area contributed by atoms with Crippen LogP contribution in [-0.2, 0) is 6.54 Å². The van der Waals surface area contributed by atoms with E-state index in [1.54, 1.807) is 7.05 Å². The number of hydrogen-bond donors (Lipinski definition) is 2. The van der Waals surface area contributed by atoms with Crippen LogP contribution in [0.25, 0.3) is 0 Å². The summed E-state index contributed by atoms with van der Waals surface area (Å²) in [5.41, 5.74) is 5.22. The Morgan fingerprint density at radius 1 is 1.03 bits per heavy atom. The predicted molar refractivity (Wildman–Crippen MR) is 160 cm³/mol. The van der Waals surface area contributed by atoms with E-state index >= 15 is 0 Å². The second-order valence-corrected chi connectivity index (χ2v) is 10.6. The van der Waals surface area contributed by atoms with E-state index in [0.29, 0.717) is 36.4 Å². The molecule has 3 heterocycles. The molecular formula is C32H47N5O2. The van der Waals surface area contributed by atoms with Gasteiger partial charge in [-0.25, -0.2) is 0 Å². The molecule has 2 aliphatic heterocycles. The number of carbonyl (C=O) groups excluding carboxylic acids is 1. The lowest BCUT2D eigenvalue weighted by Gasteiger charge is -2.39. The van der Waals surface area contributed by atoms with Crippen LogP contribution in [-0.4, -0.2) is 52.2 Å². The lowest BCUT2D eigenvalue weighted by molar-refractivity contribution is 0.0123. The molecule has 2 unspecified atom stereocenters. The number of aryl methyl sites for hydroxylation is 1. The monoisotopic (exact) mass is 533 g/mol. The molecule has 3 aromatic rings. The number of aromatic nitrogens is 2. The molecule has 0 saturated carbocycles. The van der Waals surface area contributed by atoms with E-state index in [4.69, 9.17) is 5.10 Å². The lowest BCUT2D eigenvalue weighted by atomic mass is 9.97. The van der Waals surface area contributed by atoms with Gasteiger partial charge in [0.05, 0.1) is 12.2 Å². The average Bonchev–Trinajstić information content (AvgIpc) is 3.28. The highest BCUT2D eigenvalue weighted by molar-refractivity contribution is 6.01. The fourth-order valence-corrected chi connectivity index (χ4v) is 5.01. The molecular weight excluding hydrogens is 486 g/mol. The van der Waals surface area contributed by atoms with Gasteiger partial charge < -0.3 is 15.3 Å². The van der Waals surface area contributed by atoms with Crippen molar-refractivity contribution in [1.82, 2.24) is 20.0 Å². The number of amides is 1. The number of piperidine rings is 1. The fraction of sp³-hybridized carbons (Fsp3) is 0.500. The minimum Gasteiger partial charge on any atom is -0.356 e. The Morgan fingerprint density at radius 2 is 1.69 bits per heavy atom. The first-order valence-corrected chi connectivity index (χ1v) is 14.4. The summed E-state index contributed by atoms with van der Waals surface area (Å²) in [6, 6.07) is 19.4. The number of hydrogen-bond acceptors (Lipinski definition) is 5. The molecule has 0 aliphatic carbocycles. The zero-order valence-electron chi connectivity index (χ0n) is 24.8. The Balaban J connectivity index is 0.000000401. The predicted octanol–water partition coefficient (Wildman–Crippen LogP) is 5.90. The number of fused-ring (bicyclic) bond motifs is 1. The zero-order chi connectivity index (χ0) is 28.5. The molecule has 0 spiro atoms. The van der Waals surface area contributed by atoms with Gasteiger partial charge in [-0.1, -0.05) is 94.3 Å². The zero-order valence-corrected chi connectivity index (χ0v) is 24.8. The van der Waals surface area contributed by atoms with E-state index in [2.05, 4.69) is 62.5 Å². The van der Waals surface area contributed by atoms with E-state index < -0.39 is 6.35 Å². The number of aliphatic hydroxyl groups excluding tert-OH is 1. The number of anilines is 1. The van der Waals surface area contributed by atoms with Crippen molar-refractivity contribution in [3.8, 4) is 0 Å². The topological polar surface area (TPSA) is 73.6 Å². The first kappa shape index (κ1) is 30.4. The van der Waals surface area contributed by atoms with Crippen LogP contribution in [0.2, 0.25) is 0 Å². The van der Waals surface area contributed by atoms with Gasteiger partial charge in [-0.05, 0) is 50.3 Å². The number of nitrogens with zero attached hydrogens (tertiary/aromatic N) is 4. The van der Waals surface area contributed by atoms with Crippen LogP contribution >= 0.6 is 0 Å². The van der Waals surface area contributed by atoms with E-state index in [1.165, 1.54) is 35.3 Å². The molecule has 1 amide bonds. The van der Waals surface area contributed by atoms with Gasteiger partial charge >= 0.3 is 0 Å². The fourth-order valence-electron chi connectivity index (χ4n) is 5.01. The molecule has 212 valence electrons. The van der Waals surface area contributed by atoms with Crippen molar-refractivity contribution in [3.05, 3.63) is 82.5 Å². The van der Waals surface area contributed by atoms with Crippen LogP contribution in [0.1, 0.15) is 85.7 Å². The lowest BCUT2D eigenvalue weighted by Crippen LogP contribution is -2.54. The van der Waals surface area contributed by atoms with Crippen molar-refractivity contribution >= 4 is 11.7 Å². The number of nitrogens with one attached hydrogen (secondary N) is 1. The summed E-state index contributed by atoms with van der Waals surface area (Å²) < 4.78 is 1.88. The minimum absolute atomic E-state index is 0.181. The summed E-state index contributed by atoms with van der Waals surface area (Å²) in [6.07, 6.45) is 2.73. The first-order valence-electron chi connectivity index (χ1n) is 14.4. The third kappa shape index (κ3) is 7.49. The summed E-state index contributed by atoms with van der Waals surface area (Å²) in [7, 11) is 1.64. The highest BCUT2D eigenvalue weighted by atomic mass is 16.3. The second-order valence-electron chi connectivity index (χ2n) is 10.6. The van der Waals surface area contributed by atoms with Crippen molar-refractivity contribution in [1.29, 1.82) is 0 Å². The first-order chi connectivity index (χ1) is 18.8. The van der Waals surface area contributed by atoms with Crippen molar-refractivity contribution in [2.75, 3.05) is 25.0 Å². The quantitative estimate of drug-likeness (QED) is 0.427. The Morgan fingerprint density at radius 3 is 2.23 bits per heavy atom. The smallest absolute Gasteiger partial charge is 0.262 e. The Bertz CT molecular complexity index is 1170. The highest BCUT2D eigenvalue weighted by Crippen LogP contribution is 2.32. The van der Waals surface area contributed by atoms with E-state index in [1.807, 2.05) is 48.6 Å². The van der Waals surface area contributed by atoms with E-state index in [9.17, 15) is 9.90 Å². The van der Waals surface area contributed by atoms with Gasteiger partial charge in [0.1, 0.15) is 5.56 Å². The van der Waals surface area contributed by atoms with Crippen molar-refractivity contribution in [2.24, 2.45) is 5.92 Å². The van der Waals surface area contributed by atoms with Crippen LogP contribution in [0.5, 0.6) is 0 Å². The Kier molecular flexibility index (Phi) is 11.1. The summed E-state index contributed by atoms with van der Waals surface area (Å²) in [5, 5.41) is 19.0. The second kappa shape index (κ2) is 14.3. The van der Waals surface area contributed by atoms with Crippen LogP contribution < -0.4 is 10.2 Å². The molecule has 2 aliphatic rings. The molecule has 7 heteroatoms. The van der Waals surface area contributed by atoms with Gasteiger partial charge in [0.15, 0.2) is 5.82 Å². The van der Waals surface area contributed by atoms with Gasteiger partial charge in [-0.2, -0.15) is 5.10 Å². The van der Waals surface area contributed by atoms with Crippen LogP contribution in [0, 0.1) is 19.8 Å². The van der Waals surface area contributed by atoms with Crippen molar-refractivity contribution in [3.63, 3.8) is 0 Å². The van der Waals surface area contributed by atoms with Gasteiger partial charge in [0, 0.05) is 19.6 Å². The summed E-state index contributed by atoms with van der Waals surface area (Å²) in [5.74, 6) is 0.736. The molecule has 39 heavy (non-hydrogen) atoms. The van der Waals surface area contributed by atoms with Crippen LogP contribution in [0.3, 0.4) is 0 Å². The van der Waals surface area contributed by atoms with Gasteiger partial charge in [0.2, 0.25) is 6.35 Å². The van der Waals surface area contributed by atoms with E-state index in [-0.39, 0.29) is 5.91 Å². The third-order valence-corrected chi connectivity index (χ3v) is 7.15. The Labute approximate surface area is 234 Å². The molecule has 0 bridgehead atoms. The minimum atomic E-state index is -0.988. The van der Waals surface area contributed by atoms with Gasteiger partial charge in [-0.3, -0.25) is 14.4 Å². The summed E-state index contributed by atoms with van der Waals surface area (Å²) in [4.78, 5) is 16.1. The summed E-state index contributed by atoms with van der Waals surface area (Å²) >= 11 is 0. The van der Waals surface area contributed by atoms with E-state index in [0.717, 1.165) is 17.8 Å². The molecule has 2 aromatic carbocycles. The average molecular weight is 534 g/mol. The molecule has 1 aromatic heterocycles. The van der Waals surface area contributed by atoms with Crippen LogP contribution in [0.15, 0.2) is 54.6 Å². The molecule has 5 rings (SSSR count). The molecule has 2 N–H and O–H groups in total.